The smallest absolute Gasteiger partial charge is 0.272 e. The second kappa shape index (κ2) is 13.1. The van der Waals surface area contributed by atoms with Gasteiger partial charge in [0, 0.05) is 25.4 Å². The Morgan fingerprint density at radius 3 is 2.34 bits per heavy atom. The largest absolute Gasteiger partial charge is 0.492 e. The van der Waals surface area contributed by atoms with Crippen LogP contribution in [0, 0.1) is 0 Å². The van der Waals surface area contributed by atoms with E-state index in [1.165, 1.54) is 7.11 Å². The van der Waals surface area contributed by atoms with Crippen molar-refractivity contribution in [1.29, 1.82) is 0 Å². The standard InChI is InChI=1S/C31H44N4O5S/c1-9-15-35(16-11-12-21(2)36)20-23-14-10-13-22-17-27(34(6)28(22)23)30(37)32-25-18-24(31(3,4)5)19-26(29(25)40-7)33-41(8,38)39/h10,13-14,17-19,33H,9,11-12,15-16,20H2,1-8H3,(H,32,37). The Bertz CT molecular complexity index is 1520. The molecule has 2 aromatic carbocycles. The van der Waals surface area contributed by atoms with Crippen molar-refractivity contribution in [2.75, 3.05) is 36.5 Å². The van der Waals surface area contributed by atoms with Gasteiger partial charge in [-0.2, -0.15) is 0 Å². The first kappa shape index (κ1) is 32.1. The Morgan fingerprint density at radius 1 is 1.07 bits per heavy atom. The number of hydrogen-bond donors (Lipinski definition) is 2. The molecule has 3 aromatic rings. The van der Waals surface area contributed by atoms with E-state index in [0.29, 0.717) is 24.3 Å². The van der Waals surface area contributed by atoms with Crippen molar-refractivity contribution < 1.29 is 22.7 Å². The average Bonchev–Trinajstić information content (AvgIpc) is 3.19. The summed E-state index contributed by atoms with van der Waals surface area (Å²) in [4.78, 5) is 27.5. The van der Waals surface area contributed by atoms with E-state index in [1.807, 2.05) is 56.7 Å². The fourth-order valence-electron chi connectivity index (χ4n) is 5.06. The van der Waals surface area contributed by atoms with Crippen molar-refractivity contribution in [3.05, 3.63) is 53.2 Å². The molecule has 0 radical (unpaired) electrons. The number of hydrogen-bond acceptors (Lipinski definition) is 6. The van der Waals surface area contributed by atoms with Crippen LogP contribution in [0.5, 0.6) is 5.75 Å². The minimum absolute atomic E-state index is 0.200. The molecule has 2 N–H and O–H groups in total. The van der Waals surface area contributed by atoms with E-state index in [4.69, 9.17) is 4.74 Å². The van der Waals surface area contributed by atoms with Crippen LogP contribution < -0.4 is 14.8 Å². The number of nitrogens with one attached hydrogen (secondary N) is 2. The average molecular weight is 585 g/mol. The van der Waals surface area contributed by atoms with Crippen LogP contribution in [0.4, 0.5) is 11.4 Å². The van der Waals surface area contributed by atoms with Crippen LogP contribution in [0.2, 0.25) is 0 Å². The van der Waals surface area contributed by atoms with Gasteiger partial charge < -0.3 is 19.4 Å². The van der Waals surface area contributed by atoms with Crippen LogP contribution in [0.1, 0.15) is 75.5 Å². The first-order valence-corrected chi connectivity index (χ1v) is 15.8. The van der Waals surface area contributed by atoms with Crippen molar-refractivity contribution in [1.82, 2.24) is 9.47 Å². The molecule has 0 aliphatic heterocycles. The van der Waals surface area contributed by atoms with Crippen molar-refractivity contribution in [2.45, 2.75) is 65.8 Å². The number of fused-ring (bicyclic) bond motifs is 1. The molecule has 1 aromatic heterocycles. The number of rotatable bonds is 13. The molecule has 0 unspecified atom stereocenters. The van der Waals surface area contributed by atoms with Gasteiger partial charge in [-0.15, -0.1) is 0 Å². The Kier molecular flexibility index (Phi) is 10.3. The minimum atomic E-state index is -3.59. The quantitative estimate of drug-likeness (QED) is 0.267. The van der Waals surface area contributed by atoms with Gasteiger partial charge in [0.05, 0.1) is 30.3 Å². The van der Waals surface area contributed by atoms with E-state index in [9.17, 15) is 18.0 Å². The maximum absolute atomic E-state index is 13.7. The molecule has 9 nitrogen and oxygen atoms in total. The number of amides is 1. The number of benzene rings is 2. The second-order valence-electron chi connectivity index (χ2n) is 11.7. The van der Waals surface area contributed by atoms with Crippen LogP contribution in [-0.4, -0.2) is 56.0 Å². The lowest BCUT2D eigenvalue weighted by Gasteiger charge is -2.24. The van der Waals surface area contributed by atoms with E-state index >= 15 is 0 Å². The number of anilines is 2. The highest BCUT2D eigenvalue weighted by atomic mass is 32.2. The van der Waals surface area contributed by atoms with E-state index in [-0.39, 0.29) is 28.5 Å². The highest BCUT2D eigenvalue weighted by Gasteiger charge is 2.24. The molecule has 3 rings (SSSR count). The highest BCUT2D eigenvalue weighted by Crippen LogP contribution is 2.39. The number of aromatic nitrogens is 1. The van der Waals surface area contributed by atoms with Gasteiger partial charge in [-0.25, -0.2) is 8.42 Å². The molecule has 1 heterocycles. The van der Waals surface area contributed by atoms with Gasteiger partial charge in [0.2, 0.25) is 10.0 Å². The zero-order valence-corrected chi connectivity index (χ0v) is 26.4. The summed E-state index contributed by atoms with van der Waals surface area (Å²) in [7, 11) is -0.274. The number of Topliss-reactive ketones (excluding diaryl/α,β-unsaturated/α-hetero) is 1. The molecular weight excluding hydrogens is 540 g/mol. The normalized spacial score (nSPS) is 12.1. The molecule has 224 valence electrons. The molecule has 1 amide bonds. The Labute approximate surface area is 244 Å². The molecule has 0 bridgehead atoms. The lowest BCUT2D eigenvalue weighted by molar-refractivity contribution is -0.117. The third kappa shape index (κ3) is 8.33. The molecule has 0 spiro atoms. The SMILES string of the molecule is CCCN(CCCC(C)=O)Cc1cccc2cc(C(=O)Nc3cc(C(C)(C)C)cc(NS(C)(=O)=O)c3OC)n(C)c12. The van der Waals surface area contributed by atoms with Crippen LogP contribution in [0.15, 0.2) is 36.4 Å². The molecule has 0 saturated carbocycles. The first-order valence-electron chi connectivity index (χ1n) is 13.9. The highest BCUT2D eigenvalue weighted by molar-refractivity contribution is 7.92. The van der Waals surface area contributed by atoms with Gasteiger partial charge in [-0.3, -0.25) is 14.4 Å². The fourth-order valence-corrected chi connectivity index (χ4v) is 5.61. The molecule has 0 atom stereocenters. The third-order valence-electron chi connectivity index (χ3n) is 7.01. The van der Waals surface area contributed by atoms with E-state index in [2.05, 4.69) is 27.9 Å². The minimum Gasteiger partial charge on any atom is -0.492 e. The number of ketones is 1. The fraction of sp³-hybridized carbons (Fsp3) is 0.484. The number of methoxy groups -OCH3 is 1. The molecule has 0 aliphatic rings. The lowest BCUT2D eigenvalue weighted by Crippen LogP contribution is -2.26. The van der Waals surface area contributed by atoms with Crippen molar-refractivity contribution in [3.8, 4) is 5.75 Å². The molecular formula is C31H44N4O5S. The predicted octanol–water partition coefficient (Wildman–Crippen LogP) is 5.69. The Balaban J connectivity index is 2.00. The maximum atomic E-state index is 13.7. The van der Waals surface area contributed by atoms with Crippen molar-refractivity contribution in [2.24, 2.45) is 7.05 Å². The Morgan fingerprint density at radius 2 is 1.76 bits per heavy atom. The van der Waals surface area contributed by atoms with Crippen LogP contribution in [0.3, 0.4) is 0 Å². The van der Waals surface area contributed by atoms with E-state index < -0.39 is 10.0 Å². The summed E-state index contributed by atoms with van der Waals surface area (Å²) in [6.45, 7) is 12.3. The maximum Gasteiger partial charge on any atom is 0.272 e. The van der Waals surface area contributed by atoms with Crippen LogP contribution >= 0.6 is 0 Å². The predicted molar refractivity (Wildman–Crippen MR) is 167 cm³/mol. The third-order valence-corrected chi connectivity index (χ3v) is 7.60. The second-order valence-corrected chi connectivity index (χ2v) is 13.5. The molecule has 41 heavy (non-hydrogen) atoms. The summed E-state index contributed by atoms with van der Waals surface area (Å²) >= 11 is 0. The summed E-state index contributed by atoms with van der Waals surface area (Å²) in [5.74, 6) is 0.0960. The van der Waals surface area contributed by atoms with Crippen molar-refractivity contribution >= 4 is 44.0 Å². The number of aryl methyl sites for hydroxylation is 1. The van der Waals surface area contributed by atoms with Gasteiger partial charge in [-0.05, 0) is 67.6 Å². The number of nitrogens with zero attached hydrogens (tertiary/aromatic N) is 2. The van der Waals surface area contributed by atoms with Crippen LogP contribution in [0.25, 0.3) is 10.9 Å². The Hall–Kier alpha value is -3.37. The van der Waals surface area contributed by atoms with Gasteiger partial charge in [0.25, 0.3) is 5.91 Å². The molecule has 0 aliphatic carbocycles. The summed E-state index contributed by atoms with van der Waals surface area (Å²) in [5, 5.41) is 3.92. The molecule has 0 saturated heterocycles. The van der Waals surface area contributed by atoms with Crippen LogP contribution in [-0.2, 0) is 33.8 Å². The summed E-state index contributed by atoms with van der Waals surface area (Å²) in [6, 6.07) is 11.5. The van der Waals surface area contributed by atoms with Crippen molar-refractivity contribution in [3.63, 3.8) is 0 Å². The van der Waals surface area contributed by atoms with Gasteiger partial charge in [-0.1, -0.05) is 45.9 Å². The number of carbonyl (C=O) groups excluding carboxylic acids is 2. The zero-order chi connectivity index (χ0) is 30.5. The molecule has 0 fully saturated rings. The summed E-state index contributed by atoms with van der Waals surface area (Å²) < 4.78 is 34.2. The summed E-state index contributed by atoms with van der Waals surface area (Å²) in [5.41, 5.74) is 3.70. The number of carbonyl (C=O) groups is 2. The first-order chi connectivity index (χ1) is 19.1. The lowest BCUT2D eigenvalue weighted by atomic mass is 9.86. The van der Waals surface area contributed by atoms with Gasteiger partial charge >= 0.3 is 0 Å². The molecule has 10 heteroatoms. The van der Waals surface area contributed by atoms with Gasteiger partial charge in [0.15, 0.2) is 5.75 Å². The monoisotopic (exact) mass is 584 g/mol. The summed E-state index contributed by atoms with van der Waals surface area (Å²) in [6.07, 6.45) is 3.47. The number of para-hydroxylation sites is 1. The van der Waals surface area contributed by atoms with Gasteiger partial charge in [0.1, 0.15) is 11.5 Å². The van der Waals surface area contributed by atoms with E-state index in [0.717, 1.165) is 54.2 Å². The zero-order valence-electron chi connectivity index (χ0n) is 25.6. The van der Waals surface area contributed by atoms with E-state index in [1.54, 1.807) is 13.0 Å². The topological polar surface area (TPSA) is 110 Å². The number of sulfonamides is 1. The number of ether oxygens (including phenoxy) is 1.